The van der Waals surface area contributed by atoms with Gasteiger partial charge in [0.15, 0.2) is 5.65 Å². The number of aromatic nitrogens is 3. The topological polar surface area (TPSA) is 74.0 Å². The molecule has 0 saturated carbocycles. The van der Waals surface area contributed by atoms with Crippen molar-refractivity contribution in [2.45, 2.75) is 31.5 Å². The molecule has 2 heterocycles. The number of halogens is 3. The number of alkyl halides is 3. The monoisotopic (exact) mass is 435 g/mol. The highest BCUT2D eigenvalue weighted by atomic mass is 32.2. The Labute approximate surface area is 169 Å². The van der Waals surface area contributed by atoms with Gasteiger partial charge in [0.25, 0.3) is 15.6 Å². The summed E-state index contributed by atoms with van der Waals surface area (Å²) in [4.78, 5) is 12.5. The fraction of sp³-hybridized carbons (Fsp3) is 0.200. The molecule has 0 N–H and O–H groups in total. The van der Waals surface area contributed by atoms with E-state index < -0.39 is 28.3 Å². The third kappa shape index (κ3) is 3.26. The average Bonchev–Trinajstić information content (AvgIpc) is 2.95. The van der Waals surface area contributed by atoms with E-state index in [1.54, 1.807) is 24.3 Å². The second-order valence-electron chi connectivity index (χ2n) is 7.00. The van der Waals surface area contributed by atoms with Crippen LogP contribution in [0.4, 0.5) is 13.2 Å². The first-order valence-corrected chi connectivity index (χ1v) is 10.3. The molecule has 4 rings (SSSR count). The minimum atomic E-state index is -4.55. The van der Waals surface area contributed by atoms with Gasteiger partial charge in [0.1, 0.15) is 6.54 Å². The minimum Gasteiger partial charge on any atom is -0.268 e. The van der Waals surface area contributed by atoms with Gasteiger partial charge in [-0.1, -0.05) is 30.3 Å². The van der Waals surface area contributed by atoms with Crippen LogP contribution in [0.1, 0.15) is 11.3 Å². The number of hydrogen-bond donors (Lipinski definition) is 0. The van der Waals surface area contributed by atoms with E-state index in [-0.39, 0.29) is 21.6 Å². The summed E-state index contributed by atoms with van der Waals surface area (Å²) < 4.78 is 66.6. The zero-order valence-electron chi connectivity index (χ0n) is 15.9. The lowest BCUT2D eigenvalue weighted by Crippen LogP contribution is -2.28. The predicted octanol–water partition coefficient (Wildman–Crippen LogP) is 3.77. The number of aryl methyl sites for hydroxylation is 2. The van der Waals surface area contributed by atoms with Crippen molar-refractivity contribution >= 4 is 31.8 Å². The molecule has 6 nitrogen and oxygen atoms in total. The van der Waals surface area contributed by atoms with Gasteiger partial charge in [-0.15, -0.1) is 0 Å². The van der Waals surface area contributed by atoms with E-state index in [1.807, 2.05) is 6.07 Å². The van der Waals surface area contributed by atoms with Gasteiger partial charge in [0, 0.05) is 17.1 Å². The summed E-state index contributed by atoms with van der Waals surface area (Å²) in [5.41, 5.74) is -0.729. The van der Waals surface area contributed by atoms with E-state index in [4.69, 9.17) is 0 Å². The maximum Gasteiger partial charge on any atom is 0.408 e. The molecule has 2 aromatic heterocycles. The molecule has 0 saturated heterocycles. The van der Waals surface area contributed by atoms with Gasteiger partial charge in [-0.25, -0.2) is 8.42 Å². The largest absolute Gasteiger partial charge is 0.408 e. The van der Waals surface area contributed by atoms with Crippen molar-refractivity contribution in [2.75, 3.05) is 0 Å². The highest BCUT2D eigenvalue weighted by Crippen LogP contribution is 2.27. The summed E-state index contributed by atoms with van der Waals surface area (Å²) in [6.45, 7) is 1.55. The molecular weight excluding hydrogens is 419 g/mol. The molecular formula is C20H16F3N3O3S. The lowest BCUT2D eigenvalue weighted by atomic mass is 10.1. The van der Waals surface area contributed by atoms with Crippen LogP contribution in [0.2, 0.25) is 0 Å². The summed E-state index contributed by atoms with van der Waals surface area (Å²) >= 11 is 0. The number of pyridine rings is 1. The van der Waals surface area contributed by atoms with Crippen molar-refractivity contribution in [3.63, 3.8) is 0 Å². The highest BCUT2D eigenvalue weighted by molar-refractivity contribution is 7.90. The Bertz CT molecular complexity index is 1470. The van der Waals surface area contributed by atoms with Crippen LogP contribution in [0.25, 0.3) is 21.8 Å². The first kappa shape index (κ1) is 20.1. The Morgan fingerprint density at radius 3 is 2.33 bits per heavy atom. The fourth-order valence-corrected chi connectivity index (χ4v) is 4.92. The van der Waals surface area contributed by atoms with Crippen LogP contribution < -0.4 is 5.56 Å². The third-order valence-electron chi connectivity index (χ3n) is 4.90. The molecule has 0 fully saturated rings. The molecule has 0 spiro atoms. The van der Waals surface area contributed by atoms with Crippen molar-refractivity contribution in [2.24, 2.45) is 0 Å². The number of nitrogens with zero attached hydrogens (tertiary/aromatic N) is 3. The molecule has 0 aliphatic heterocycles. The van der Waals surface area contributed by atoms with Crippen LogP contribution in [-0.4, -0.2) is 28.3 Å². The van der Waals surface area contributed by atoms with Gasteiger partial charge in [0.05, 0.1) is 4.90 Å². The Morgan fingerprint density at radius 2 is 1.67 bits per heavy atom. The smallest absolute Gasteiger partial charge is 0.268 e. The molecule has 0 unspecified atom stereocenters. The molecule has 0 aliphatic rings. The van der Waals surface area contributed by atoms with Gasteiger partial charge >= 0.3 is 6.18 Å². The van der Waals surface area contributed by atoms with Crippen LogP contribution >= 0.6 is 0 Å². The molecule has 156 valence electrons. The summed E-state index contributed by atoms with van der Waals surface area (Å²) in [6, 6.07) is 12.6. The quantitative estimate of drug-likeness (QED) is 0.491. The molecule has 0 amide bonds. The van der Waals surface area contributed by atoms with Gasteiger partial charge in [-0.3, -0.25) is 9.48 Å². The third-order valence-corrected chi connectivity index (χ3v) is 6.59. The average molecular weight is 435 g/mol. The first-order chi connectivity index (χ1) is 14.0. The van der Waals surface area contributed by atoms with Gasteiger partial charge in [-0.05, 0) is 42.3 Å². The summed E-state index contributed by atoms with van der Waals surface area (Å²) in [5, 5.41) is 5.51. The Balaban J connectivity index is 2.01. The van der Waals surface area contributed by atoms with E-state index in [0.717, 1.165) is 11.5 Å². The predicted molar refractivity (Wildman–Crippen MR) is 106 cm³/mol. The lowest BCUT2D eigenvalue weighted by molar-refractivity contribution is -0.142. The molecule has 4 aromatic rings. The number of hydrogen-bond acceptors (Lipinski definition) is 4. The Morgan fingerprint density at radius 1 is 1.00 bits per heavy atom. The molecule has 0 atom stereocenters. The Kier molecular flexibility index (Phi) is 4.50. The van der Waals surface area contributed by atoms with Crippen molar-refractivity contribution in [1.82, 2.24) is 13.8 Å². The molecule has 0 radical (unpaired) electrons. The lowest BCUT2D eigenvalue weighted by Gasteiger charge is -2.10. The number of fused-ring (bicyclic) bond motifs is 2. The van der Waals surface area contributed by atoms with Crippen molar-refractivity contribution in [1.29, 1.82) is 0 Å². The van der Waals surface area contributed by atoms with Crippen molar-refractivity contribution in [3.05, 3.63) is 70.1 Å². The maximum atomic E-state index is 13.3. The second-order valence-corrected chi connectivity index (χ2v) is 8.79. The van der Waals surface area contributed by atoms with Crippen molar-refractivity contribution in [3.8, 4) is 0 Å². The summed E-state index contributed by atoms with van der Waals surface area (Å²) in [6.07, 6.45) is -4.55. The van der Waals surface area contributed by atoms with Gasteiger partial charge in [0.2, 0.25) is 0 Å². The van der Waals surface area contributed by atoms with E-state index in [0.29, 0.717) is 19.6 Å². The molecule has 10 heteroatoms. The zero-order valence-corrected chi connectivity index (χ0v) is 16.8. The normalized spacial score (nSPS) is 12.7. The van der Waals surface area contributed by atoms with E-state index in [9.17, 15) is 26.4 Å². The summed E-state index contributed by atoms with van der Waals surface area (Å²) in [5.74, 6) is 0. The SMILES string of the molecule is Cc1cc(=O)n(S(=O)(=O)c2ccc3ccccc3c2)c2nn(CC(F)(F)F)c(C)c12. The number of rotatable bonds is 3. The van der Waals surface area contributed by atoms with Crippen LogP contribution in [0.3, 0.4) is 0 Å². The van der Waals surface area contributed by atoms with E-state index in [1.165, 1.54) is 26.0 Å². The molecule has 30 heavy (non-hydrogen) atoms. The molecule has 2 aromatic carbocycles. The molecule has 0 bridgehead atoms. The number of benzene rings is 2. The van der Waals surface area contributed by atoms with Crippen LogP contribution in [0.15, 0.2) is 58.2 Å². The van der Waals surface area contributed by atoms with Crippen LogP contribution in [0.5, 0.6) is 0 Å². The fourth-order valence-electron chi connectivity index (χ4n) is 3.54. The van der Waals surface area contributed by atoms with E-state index in [2.05, 4.69) is 5.10 Å². The first-order valence-electron chi connectivity index (χ1n) is 8.90. The second kappa shape index (κ2) is 6.69. The minimum absolute atomic E-state index is 0.127. The zero-order chi connectivity index (χ0) is 21.8. The molecule has 0 aliphatic carbocycles. The van der Waals surface area contributed by atoms with E-state index >= 15 is 0 Å². The van der Waals surface area contributed by atoms with Crippen LogP contribution in [0, 0.1) is 13.8 Å². The van der Waals surface area contributed by atoms with Crippen LogP contribution in [-0.2, 0) is 16.6 Å². The van der Waals surface area contributed by atoms with Gasteiger partial charge < -0.3 is 0 Å². The van der Waals surface area contributed by atoms with Crippen molar-refractivity contribution < 1.29 is 21.6 Å². The maximum absolute atomic E-state index is 13.3. The highest BCUT2D eigenvalue weighted by Gasteiger charge is 2.31. The van der Waals surface area contributed by atoms with Gasteiger partial charge in [-0.2, -0.15) is 22.2 Å². The standard InChI is InChI=1S/C20H16F3N3O3S/c1-12-9-17(27)26(19-18(12)13(2)25(24-19)11-20(21,22)23)30(28,29)16-8-7-14-5-3-4-6-15(14)10-16/h3-10H,11H2,1-2H3. The summed E-state index contributed by atoms with van der Waals surface area (Å²) in [7, 11) is -4.40. The Hall–Kier alpha value is -3.14.